The summed E-state index contributed by atoms with van der Waals surface area (Å²) in [7, 11) is 0. The quantitative estimate of drug-likeness (QED) is 0.404. The molecule has 4 aromatic carbocycles. The predicted octanol–water partition coefficient (Wildman–Crippen LogP) is 6.25. The second-order valence-corrected chi connectivity index (χ2v) is 8.84. The van der Waals surface area contributed by atoms with Crippen LogP contribution in [0.4, 0.5) is 0 Å². The highest BCUT2D eigenvalue weighted by molar-refractivity contribution is 5.62. The lowest BCUT2D eigenvalue weighted by Crippen LogP contribution is -2.31. The van der Waals surface area contributed by atoms with Crippen molar-refractivity contribution in [1.29, 1.82) is 0 Å². The van der Waals surface area contributed by atoms with Crippen molar-refractivity contribution in [3.63, 3.8) is 0 Å². The van der Waals surface area contributed by atoms with Crippen LogP contribution in [0.1, 0.15) is 33.7 Å². The van der Waals surface area contributed by atoms with Crippen molar-refractivity contribution < 1.29 is 4.74 Å². The molecule has 0 spiro atoms. The standard InChI is InChI=1S/C29H22O/c1-4-12-20(13-5-1)25-26-27(25)29(22-16-8-3-9-17-22)24-19-11-10-18-23(24)28(26,30-29)21-14-6-2-7-15-21/h1-19,25-27H/t25?,26-,27+,28+,29-. The van der Waals surface area contributed by atoms with Crippen LogP contribution in [-0.4, -0.2) is 0 Å². The van der Waals surface area contributed by atoms with E-state index in [0.717, 1.165) is 0 Å². The Bertz CT molecular complexity index is 1150. The minimum absolute atomic E-state index is 0.390. The van der Waals surface area contributed by atoms with Gasteiger partial charge in [0.1, 0.15) is 11.2 Å². The van der Waals surface area contributed by atoms with Crippen molar-refractivity contribution >= 4 is 0 Å². The first-order chi connectivity index (χ1) is 14.9. The molecule has 1 nitrogen and oxygen atoms in total. The topological polar surface area (TPSA) is 9.23 Å². The molecule has 144 valence electrons. The molecule has 0 radical (unpaired) electrons. The zero-order chi connectivity index (χ0) is 19.8. The van der Waals surface area contributed by atoms with Gasteiger partial charge in [-0.2, -0.15) is 0 Å². The zero-order valence-electron chi connectivity index (χ0n) is 16.6. The second-order valence-electron chi connectivity index (χ2n) is 8.84. The van der Waals surface area contributed by atoms with E-state index in [4.69, 9.17) is 4.74 Å². The summed E-state index contributed by atoms with van der Waals surface area (Å²) in [5.41, 5.74) is 5.91. The van der Waals surface area contributed by atoms with E-state index in [1.54, 1.807) is 0 Å². The molecule has 4 aromatic rings. The summed E-state index contributed by atoms with van der Waals surface area (Å²) in [5.74, 6) is 1.38. The fourth-order valence-corrected chi connectivity index (χ4v) is 6.59. The summed E-state index contributed by atoms with van der Waals surface area (Å²) in [6, 6.07) is 41.7. The Kier molecular flexibility index (Phi) is 3.16. The third kappa shape index (κ3) is 1.83. The third-order valence-corrected chi connectivity index (χ3v) is 7.60. The Morgan fingerprint density at radius 2 is 0.867 bits per heavy atom. The maximum absolute atomic E-state index is 7.30. The molecule has 3 aliphatic rings. The summed E-state index contributed by atoms with van der Waals surface area (Å²) in [6.45, 7) is 0. The van der Waals surface area contributed by atoms with Crippen LogP contribution in [0.15, 0.2) is 115 Å². The van der Waals surface area contributed by atoms with Gasteiger partial charge in [0, 0.05) is 11.8 Å². The Labute approximate surface area is 177 Å². The van der Waals surface area contributed by atoms with Crippen LogP contribution < -0.4 is 0 Å². The van der Waals surface area contributed by atoms with Crippen LogP contribution in [0.5, 0.6) is 0 Å². The molecule has 1 saturated carbocycles. The van der Waals surface area contributed by atoms with E-state index in [1.165, 1.54) is 27.8 Å². The van der Waals surface area contributed by atoms with Gasteiger partial charge in [0.25, 0.3) is 0 Å². The molecular weight excluding hydrogens is 364 g/mol. The molecule has 2 fully saturated rings. The number of benzene rings is 4. The van der Waals surface area contributed by atoms with Crippen molar-refractivity contribution in [3.05, 3.63) is 143 Å². The molecule has 2 bridgehead atoms. The minimum Gasteiger partial charge on any atom is -0.349 e. The van der Waals surface area contributed by atoms with Crippen LogP contribution in [0.3, 0.4) is 0 Å². The lowest BCUT2D eigenvalue weighted by Gasteiger charge is -2.33. The van der Waals surface area contributed by atoms with Gasteiger partial charge in [0.15, 0.2) is 0 Å². The van der Waals surface area contributed by atoms with Gasteiger partial charge >= 0.3 is 0 Å². The van der Waals surface area contributed by atoms with E-state index in [-0.39, 0.29) is 0 Å². The molecule has 1 aliphatic carbocycles. The van der Waals surface area contributed by atoms with E-state index in [9.17, 15) is 0 Å². The Morgan fingerprint density at radius 3 is 1.33 bits per heavy atom. The highest BCUT2D eigenvalue weighted by Crippen LogP contribution is 2.82. The van der Waals surface area contributed by atoms with Crippen molar-refractivity contribution in [1.82, 2.24) is 0 Å². The van der Waals surface area contributed by atoms with Gasteiger partial charge in [-0.1, -0.05) is 115 Å². The number of ether oxygens (including phenoxy) is 1. The lowest BCUT2D eigenvalue weighted by atomic mass is 9.72. The van der Waals surface area contributed by atoms with E-state index in [2.05, 4.69) is 115 Å². The Morgan fingerprint density at radius 1 is 0.467 bits per heavy atom. The van der Waals surface area contributed by atoms with Crippen LogP contribution in [0.25, 0.3) is 0 Å². The monoisotopic (exact) mass is 386 g/mol. The van der Waals surface area contributed by atoms with E-state index >= 15 is 0 Å². The highest BCUT2D eigenvalue weighted by atomic mass is 16.5. The SMILES string of the molecule is c1ccc(C2[C@@H]3[C@H]2[C@]2(c4ccccc4)O[C@@]3(c3ccccc3)c3ccccc32)cc1. The van der Waals surface area contributed by atoms with Gasteiger partial charge in [-0.3, -0.25) is 0 Å². The summed E-state index contributed by atoms with van der Waals surface area (Å²) >= 11 is 0. The molecule has 2 aliphatic heterocycles. The van der Waals surface area contributed by atoms with Crippen molar-refractivity contribution in [2.45, 2.75) is 17.1 Å². The van der Waals surface area contributed by atoms with Gasteiger partial charge in [-0.15, -0.1) is 0 Å². The molecule has 30 heavy (non-hydrogen) atoms. The first kappa shape index (κ1) is 16.6. The fourth-order valence-electron chi connectivity index (χ4n) is 6.59. The summed E-state index contributed by atoms with van der Waals surface area (Å²) in [6.07, 6.45) is 0. The lowest BCUT2D eigenvalue weighted by molar-refractivity contribution is -0.0753. The minimum atomic E-state index is -0.390. The van der Waals surface area contributed by atoms with Gasteiger partial charge in [0.05, 0.1) is 0 Å². The van der Waals surface area contributed by atoms with E-state index < -0.39 is 11.2 Å². The van der Waals surface area contributed by atoms with Crippen molar-refractivity contribution in [2.24, 2.45) is 11.8 Å². The summed E-state index contributed by atoms with van der Waals surface area (Å²) < 4.78 is 7.30. The van der Waals surface area contributed by atoms with E-state index in [1.807, 2.05) is 0 Å². The predicted molar refractivity (Wildman–Crippen MR) is 118 cm³/mol. The van der Waals surface area contributed by atoms with Crippen LogP contribution in [0.2, 0.25) is 0 Å². The number of hydrogen-bond donors (Lipinski definition) is 0. The first-order valence-corrected chi connectivity index (χ1v) is 10.8. The summed E-state index contributed by atoms with van der Waals surface area (Å²) in [5, 5.41) is 0. The molecule has 2 heterocycles. The highest BCUT2D eigenvalue weighted by Gasteiger charge is 2.82. The molecule has 1 unspecified atom stereocenters. The number of rotatable bonds is 3. The van der Waals surface area contributed by atoms with E-state index in [0.29, 0.717) is 17.8 Å². The van der Waals surface area contributed by atoms with Crippen molar-refractivity contribution in [2.75, 3.05) is 0 Å². The van der Waals surface area contributed by atoms with Crippen molar-refractivity contribution in [3.8, 4) is 0 Å². The normalized spacial score (nSPS) is 32.5. The first-order valence-electron chi connectivity index (χ1n) is 10.8. The van der Waals surface area contributed by atoms with Crippen LogP contribution >= 0.6 is 0 Å². The summed E-state index contributed by atoms with van der Waals surface area (Å²) in [4.78, 5) is 0. The maximum Gasteiger partial charge on any atom is 0.124 e. The number of hydrogen-bond acceptors (Lipinski definition) is 1. The molecule has 7 rings (SSSR count). The molecule has 1 heteroatoms. The Hall–Kier alpha value is -3.16. The molecule has 0 N–H and O–H groups in total. The fraction of sp³-hybridized carbons (Fsp3) is 0.172. The average molecular weight is 386 g/mol. The zero-order valence-corrected chi connectivity index (χ0v) is 16.6. The largest absolute Gasteiger partial charge is 0.349 e. The third-order valence-electron chi connectivity index (χ3n) is 7.60. The average Bonchev–Trinajstić information content (AvgIpc) is 3.43. The van der Waals surface area contributed by atoms with Gasteiger partial charge in [0.2, 0.25) is 0 Å². The van der Waals surface area contributed by atoms with Crippen LogP contribution in [-0.2, 0) is 15.9 Å². The number of fused-ring (bicyclic) bond motifs is 8. The second kappa shape index (κ2) is 5.71. The van der Waals surface area contributed by atoms with Crippen LogP contribution in [0, 0.1) is 11.8 Å². The van der Waals surface area contributed by atoms with Gasteiger partial charge in [-0.25, -0.2) is 0 Å². The maximum atomic E-state index is 7.30. The molecular formula is C29H22O. The Balaban J connectivity index is 1.54. The molecule has 0 amide bonds. The smallest absolute Gasteiger partial charge is 0.124 e. The molecule has 1 saturated heterocycles. The van der Waals surface area contributed by atoms with Gasteiger partial charge in [-0.05, 0) is 33.7 Å². The molecule has 5 atom stereocenters. The van der Waals surface area contributed by atoms with Gasteiger partial charge < -0.3 is 4.74 Å². The molecule has 0 aromatic heterocycles.